The number of nitrogens with one attached hydrogen (secondary N) is 1. The lowest BCUT2D eigenvalue weighted by molar-refractivity contribution is 0.0946. The molecule has 0 aromatic heterocycles. The summed E-state index contributed by atoms with van der Waals surface area (Å²) in [5.74, 6) is -0.257. The molecule has 19 heavy (non-hydrogen) atoms. The second-order valence-corrected chi connectivity index (χ2v) is 5.70. The van der Waals surface area contributed by atoms with Gasteiger partial charge in [-0.15, -0.1) is 0 Å². The van der Waals surface area contributed by atoms with E-state index < -0.39 is 0 Å². The van der Waals surface area contributed by atoms with E-state index in [0.29, 0.717) is 12.1 Å². The molecule has 106 valence electrons. The van der Waals surface area contributed by atoms with E-state index in [4.69, 9.17) is 5.11 Å². The number of hydrogen-bond donors (Lipinski definition) is 3. The molecule has 4 heteroatoms. The first kappa shape index (κ1) is 15.5. The Labute approximate surface area is 114 Å². The lowest BCUT2D eigenvalue weighted by Gasteiger charge is -2.21. The molecule has 0 heterocycles. The Morgan fingerprint density at radius 1 is 1.37 bits per heavy atom. The van der Waals surface area contributed by atoms with Gasteiger partial charge in [-0.1, -0.05) is 19.9 Å². The maximum Gasteiger partial charge on any atom is 0.255 e. The fourth-order valence-corrected chi connectivity index (χ4v) is 1.78. The molecular formula is C15H23NO3. The van der Waals surface area contributed by atoms with Gasteiger partial charge in [-0.25, -0.2) is 0 Å². The Hall–Kier alpha value is -1.55. The van der Waals surface area contributed by atoms with Crippen LogP contribution in [0.25, 0.3) is 0 Å². The van der Waals surface area contributed by atoms with E-state index in [-0.39, 0.29) is 23.7 Å². The number of carbonyl (C=O) groups is 1. The number of phenols is 1. The molecule has 1 rings (SSSR count). The smallest absolute Gasteiger partial charge is 0.255 e. The van der Waals surface area contributed by atoms with Crippen LogP contribution in [0.5, 0.6) is 5.75 Å². The van der Waals surface area contributed by atoms with Gasteiger partial charge in [0.15, 0.2) is 0 Å². The molecule has 0 saturated heterocycles. The summed E-state index contributed by atoms with van der Waals surface area (Å²) in [6.45, 7) is 6.51. The minimum Gasteiger partial charge on any atom is -0.507 e. The fourth-order valence-electron chi connectivity index (χ4n) is 1.78. The number of aryl methyl sites for hydroxylation is 1. The third-order valence-electron chi connectivity index (χ3n) is 3.14. The molecule has 0 aliphatic carbocycles. The van der Waals surface area contributed by atoms with Gasteiger partial charge in [0.1, 0.15) is 5.75 Å². The predicted molar refractivity (Wildman–Crippen MR) is 75.3 cm³/mol. The lowest BCUT2D eigenvalue weighted by atomic mass is 9.89. The number of aliphatic hydroxyl groups excluding tert-OH is 1. The quantitative estimate of drug-likeness (QED) is 0.691. The Balaban J connectivity index is 2.44. The standard InChI is InChI=1S/C15H23NO3/c1-11-5-6-12(13(18)9-11)14(19)16-8-4-7-15(2,3)10-17/h5-6,9,17-18H,4,7-8,10H2,1-3H3,(H,16,19). The van der Waals surface area contributed by atoms with Gasteiger partial charge in [-0.2, -0.15) is 0 Å². The maximum absolute atomic E-state index is 11.9. The average Bonchev–Trinajstić information content (AvgIpc) is 2.34. The van der Waals surface area contributed by atoms with Crippen molar-refractivity contribution >= 4 is 5.91 Å². The second-order valence-electron chi connectivity index (χ2n) is 5.70. The van der Waals surface area contributed by atoms with Gasteiger partial charge in [0.05, 0.1) is 5.56 Å². The van der Waals surface area contributed by atoms with Crippen LogP contribution in [0, 0.1) is 12.3 Å². The van der Waals surface area contributed by atoms with Crippen molar-refractivity contribution in [3.8, 4) is 5.75 Å². The van der Waals surface area contributed by atoms with Crippen LogP contribution in [0.15, 0.2) is 18.2 Å². The third-order valence-corrected chi connectivity index (χ3v) is 3.14. The zero-order valence-corrected chi connectivity index (χ0v) is 11.9. The molecule has 3 N–H and O–H groups in total. The Morgan fingerprint density at radius 3 is 2.63 bits per heavy atom. The molecule has 0 aliphatic heterocycles. The zero-order chi connectivity index (χ0) is 14.5. The second kappa shape index (κ2) is 6.57. The highest BCUT2D eigenvalue weighted by Crippen LogP contribution is 2.21. The molecule has 0 spiro atoms. The number of aliphatic hydroxyl groups is 1. The average molecular weight is 265 g/mol. The molecule has 0 radical (unpaired) electrons. The van der Waals surface area contributed by atoms with Crippen LogP contribution in [-0.4, -0.2) is 29.3 Å². The molecule has 1 aromatic rings. The van der Waals surface area contributed by atoms with Crippen LogP contribution in [0.4, 0.5) is 0 Å². The summed E-state index contributed by atoms with van der Waals surface area (Å²) in [6, 6.07) is 4.99. The highest BCUT2D eigenvalue weighted by Gasteiger charge is 2.16. The van der Waals surface area contributed by atoms with Crippen molar-refractivity contribution < 1.29 is 15.0 Å². The number of phenolic OH excluding ortho intramolecular Hbond substituents is 1. The maximum atomic E-state index is 11.9. The molecule has 1 aromatic carbocycles. The van der Waals surface area contributed by atoms with Gasteiger partial charge in [-0.3, -0.25) is 4.79 Å². The monoisotopic (exact) mass is 265 g/mol. The molecular weight excluding hydrogens is 242 g/mol. The van der Waals surface area contributed by atoms with Crippen LogP contribution >= 0.6 is 0 Å². The summed E-state index contributed by atoms with van der Waals surface area (Å²) in [6.07, 6.45) is 1.63. The minimum absolute atomic E-state index is 0.00758. The molecule has 0 fully saturated rings. The molecule has 1 amide bonds. The zero-order valence-electron chi connectivity index (χ0n) is 11.9. The summed E-state index contributed by atoms with van der Waals surface area (Å²) >= 11 is 0. The van der Waals surface area contributed by atoms with Crippen molar-refractivity contribution in [2.45, 2.75) is 33.6 Å². The molecule has 0 aliphatic rings. The van der Waals surface area contributed by atoms with Gasteiger partial charge < -0.3 is 15.5 Å². The van der Waals surface area contributed by atoms with E-state index in [0.717, 1.165) is 18.4 Å². The molecule has 4 nitrogen and oxygen atoms in total. The van der Waals surface area contributed by atoms with Crippen LogP contribution in [-0.2, 0) is 0 Å². The SMILES string of the molecule is Cc1ccc(C(=O)NCCCC(C)(C)CO)c(O)c1. The summed E-state index contributed by atoms with van der Waals surface area (Å²) in [5.41, 5.74) is 1.10. The van der Waals surface area contributed by atoms with Crippen molar-refractivity contribution in [3.05, 3.63) is 29.3 Å². The first-order chi connectivity index (χ1) is 8.85. The Morgan fingerprint density at radius 2 is 2.05 bits per heavy atom. The highest BCUT2D eigenvalue weighted by atomic mass is 16.3. The number of amides is 1. The third kappa shape index (κ3) is 4.91. The van der Waals surface area contributed by atoms with Gasteiger partial charge in [0.2, 0.25) is 0 Å². The van der Waals surface area contributed by atoms with Crippen molar-refractivity contribution in [3.63, 3.8) is 0 Å². The van der Waals surface area contributed by atoms with Crippen LogP contribution in [0.1, 0.15) is 42.6 Å². The van der Waals surface area contributed by atoms with Crippen molar-refractivity contribution in [1.29, 1.82) is 0 Å². The van der Waals surface area contributed by atoms with E-state index in [2.05, 4.69) is 5.32 Å². The van der Waals surface area contributed by atoms with E-state index in [1.54, 1.807) is 18.2 Å². The fraction of sp³-hybridized carbons (Fsp3) is 0.533. The van der Waals surface area contributed by atoms with Gasteiger partial charge in [0.25, 0.3) is 5.91 Å². The van der Waals surface area contributed by atoms with Gasteiger partial charge in [0, 0.05) is 13.2 Å². The number of hydrogen-bond acceptors (Lipinski definition) is 3. The highest BCUT2D eigenvalue weighted by molar-refractivity contribution is 5.96. The minimum atomic E-state index is -0.265. The summed E-state index contributed by atoms with van der Waals surface area (Å²) in [5, 5.41) is 21.6. The summed E-state index contributed by atoms with van der Waals surface area (Å²) in [7, 11) is 0. The van der Waals surface area contributed by atoms with E-state index in [1.165, 1.54) is 0 Å². The topological polar surface area (TPSA) is 69.6 Å². The van der Waals surface area contributed by atoms with Gasteiger partial charge in [-0.05, 0) is 42.9 Å². The number of rotatable bonds is 6. The largest absolute Gasteiger partial charge is 0.507 e. The summed E-state index contributed by atoms with van der Waals surface area (Å²) in [4.78, 5) is 11.9. The molecule has 0 unspecified atom stereocenters. The van der Waals surface area contributed by atoms with Crippen LogP contribution < -0.4 is 5.32 Å². The normalized spacial score (nSPS) is 11.4. The van der Waals surface area contributed by atoms with Crippen molar-refractivity contribution in [2.24, 2.45) is 5.41 Å². The molecule has 0 bridgehead atoms. The lowest BCUT2D eigenvalue weighted by Crippen LogP contribution is -2.26. The Bertz CT molecular complexity index is 441. The number of benzene rings is 1. The van der Waals surface area contributed by atoms with Crippen LogP contribution in [0.2, 0.25) is 0 Å². The van der Waals surface area contributed by atoms with E-state index in [1.807, 2.05) is 20.8 Å². The van der Waals surface area contributed by atoms with Crippen molar-refractivity contribution in [2.75, 3.05) is 13.2 Å². The first-order valence-electron chi connectivity index (χ1n) is 6.54. The molecule has 0 saturated carbocycles. The van der Waals surface area contributed by atoms with Gasteiger partial charge >= 0.3 is 0 Å². The first-order valence-corrected chi connectivity index (χ1v) is 6.54. The number of carbonyl (C=O) groups excluding carboxylic acids is 1. The van der Waals surface area contributed by atoms with Crippen LogP contribution in [0.3, 0.4) is 0 Å². The van der Waals surface area contributed by atoms with E-state index in [9.17, 15) is 9.90 Å². The van der Waals surface area contributed by atoms with E-state index >= 15 is 0 Å². The predicted octanol–water partition coefficient (Wildman–Crippen LogP) is 2.23. The molecule has 0 atom stereocenters. The van der Waals surface area contributed by atoms with Crippen molar-refractivity contribution in [1.82, 2.24) is 5.32 Å². The Kier molecular flexibility index (Phi) is 5.36. The number of aromatic hydroxyl groups is 1. The summed E-state index contributed by atoms with van der Waals surface area (Å²) < 4.78 is 0.